The lowest BCUT2D eigenvalue weighted by molar-refractivity contribution is -0.141. The van der Waals surface area contributed by atoms with Gasteiger partial charge in [-0.3, -0.25) is 9.59 Å². The summed E-state index contributed by atoms with van der Waals surface area (Å²) in [6.07, 6.45) is 1.09. The van der Waals surface area contributed by atoms with Gasteiger partial charge in [-0.05, 0) is 20.3 Å². The topological polar surface area (TPSA) is 84.9 Å². The second kappa shape index (κ2) is 8.87. The van der Waals surface area contributed by atoms with Gasteiger partial charge >= 0.3 is 5.97 Å². The maximum atomic E-state index is 11.9. The lowest BCUT2D eigenvalue weighted by Gasteiger charge is -2.29. The average Bonchev–Trinajstić information content (AvgIpc) is 2.27. The van der Waals surface area contributed by atoms with Gasteiger partial charge in [0.1, 0.15) is 6.10 Å². The van der Waals surface area contributed by atoms with E-state index in [2.05, 4.69) is 5.32 Å². The molecule has 2 atom stereocenters. The third kappa shape index (κ3) is 7.79. The number of hydrogen-bond donors (Lipinski definition) is 2. The van der Waals surface area contributed by atoms with Crippen LogP contribution < -0.4 is 5.32 Å². The summed E-state index contributed by atoms with van der Waals surface area (Å²) in [4.78, 5) is 22.7. The van der Waals surface area contributed by atoms with Gasteiger partial charge < -0.3 is 19.9 Å². The Kier molecular flexibility index (Phi) is 8.34. The third-order valence-corrected chi connectivity index (χ3v) is 2.66. The van der Waals surface area contributed by atoms with Crippen molar-refractivity contribution in [2.75, 3.05) is 20.3 Å². The van der Waals surface area contributed by atoms with Crippen LogP contribution in [0.2, 0.25) is 0 Å². The Morgan fingerprint density at radius 2 is 2.05 bits per heavy atom. The van der Waals surface area contributed by atoms with Gasteiger partial charge in [0.05, 0.1) is 18.6 Å². The molecule has 6 heteroatoms. The molecule has 0 saturated carbocycles. The van der Waals surface area contributed by atoms with E-state index in [1.165, 1.54) is 7.11 Å². The largest absolute Gasteiger partial charge is 0.481 e. The number of carboxylic acids is 1. The zero-order valence-electron chi connectivity index (χ0n) is 12.2. The highest BCUT2D eigenvalue weighted by Gasteiger charge is 2.31. The molecular weight excluding hydrogens is 250 g/mol. The van der Waals surface area contributed by atoms with Gasteiger partial charge in [0, 0.05) is 13.7 Å². The molecule has 19 heavy (non-hydrogen) atoms. The first-order valence-corrected chi connectivity index (χ1v) is 6.49. The van der Waals surface area contributed by atoms with E-state index in [9.17, 15) is 9.59 Å². The Hall–Kier alpha value is -1.14. The summed E-state index contributed by atoms with van der Waals surface area (Å²) in [6.45, 7) is 5.98. The number of aliphatic carboxylic acids is 1. The van der Waals surface area contributed by atoms with Crippen LogP contribution in [0.3, 0.4) is 0 Å². The number of methoxy groups -OCH3 is 1. The van der Waals surface area contributed by atoms with Gasteiger partial charge in [-0.25, -0.2) is 0 Å². The van der Waals surface area contributed by atoms with Crippen LogP contribution in [0.15, 0.2) is 0 Å². The molecule has 6 nitrogen and oxygen atoms in total. The van der Waals surface area contributed by atoms with E-state index in [1.54, 1.807) is 13.8 Å². The Morgan fingerprint density at radius 3 is 2.53 bits per heavy atom. The van der Waals surface area contributed by atoms with E-state index < -0.39 is 17.6 Å². The molecule has 0 bridgehead atoms. The lowest BCUT2D eigenvalue weighted by Crippen LogP contribution is -2.53. The molecule has 0 aliphatic rings. The molecule has 2 unspecified atom stereocenters. The van der Waals surface area contributed by atoms with Gasteiger partial charge in [-0.15, -0.1) is 0 Å². The molecular formula is C13H25NO5. The quantitative estimate of drug-likeness (QED) is 0.585. The van der Waals surface area contributed by atoms with Crippen molar-refractivity contribution in [3.8, 4) is 0 Å². The molecule has 0 heterocycles. The minimum atomic E-state index is -0.987. The first kappa shape index (κ1) is 17.9. The molecule has 0 spiro atoms. The van der Waals surface area contributed by atoms with Crippen molar-refractivity contribution in [3.63, 3.8) is 0 Å². The van der Waals surface area contributed by atoms with Crippen LogP contribution in [-0.4, -0.2) is 48.9 Å². The normalized spacial score (nSPS) is 15.6. The summed E-state index contributed by atoms with van der Waals surface area (Å²) >= 11 is 0. The van der Waals surface area contributed by atoms with Crippen LogP contribution in [0.1, 0.15) is 40.0 Å². The number of rotatable bonds is 10. The molecule has 0 aromatic heterocycles. The minimum Gasteiger partial charge on any atom is -0.481 e. The van der Waals surface area contributed by atoms with Crippen LogP contribution in [0.25, 0.3) is 0 Å². The first-order valence-electron chi connectivity index (χ1n) is 6.49. The first-order chi connectivity index (χ1) is 8.84. The molecule has 112 valence electrons. The highest BCUT2D eigenvalue weighted by Crippen LogP contribution is 2.11. The van der Waals surface area contributed by atoms with E-state index in [0.717, 1.165) is 12.8 Å². The highest BCUT2D eigenvalue weighted by molar-refractivity contribution is 5.82. The van der Waals surface area contributed by atoms with Crippen molar-refractivity contribution in [1.29, 1.82) is 0 Å². The van der Waals surface area contributed by atoms with Crippen LogP contribution in [-0.2, 0) is 19.1 Å². The zero-order valence-corrected chi connectivity index (χ0v) is 12.2. The Bertz CT molecular complexity index is 295. The Balaban J connectivity index is 4.40. The van der Waals surface area contributed by atoms with Crippen LogP contribution in [0.5, 0.6) is 0 Å². The second-order valence-electron chi connectivity index (χ2n) is 4.92. The minimum absolute atomic E-state index is 0.132. The summed E-state index contributed by atoms with van der Waals surface area (Å²) in [5, 5.41) is 11.5. The molecule has 2 N–H and O–H groups in total. The molecule has 0 rings (SSSR count). The fraction of sp³-hybridized carbons (Fsp3) is 0.846. The standard InChI is InChI=1S/C13H25NO5/c1-5-6-7-19-10(2)12(17)14-13(3,9-18-4)8-11(15)16/h10H,5-9H2,1-4H3,(H,14,17)(H,15,16). The van der Waals surface area contributed by atoms with Gasteiger partial charge in [0.2, 0.25) is 5.91 Å². The molecule has 0 aromatic carbocycles. The summed E-state index contributed by atoms with van der Waals surface area (Å²) in [5.41, 5.74) is -0.931. The van der Waals surface area contributed by atoms with Gasteiger partial charge in [0.25, 0.3) is 0 Å². The molecule has 0 aliphatic carbocycles. The SMILES string of the molecule is CCCCOC(C)C(=O)NC(C)(COC)CC(=O)O. The van der Waals surface area contributed by atoms with Gasteiger partial charge in [0.15, 0.2) is 0 Å². The average molecular weight is 275 g/mol. The molecule has 0 radical (unpaired) electrons. The van der Waals surface area contributed by atoms with Crippen LogP contribution in [0, 0.1) is 0 Å². The van der Waals surface area contributed by atoms with E-state index in [0.29, 0.717) is 6.61 Å². The monoisotopic (exact) mass is 275 g/mol. The van der Waals surface area contributed by atoms with Crippen LogP contribution in [0.4, 0.5) is 0 Å². The second-order valence-corrected chi connectivity index (χ2v) is 4.92. The summed E-state index contributed by atoms with van der Waals surface area (Å²) in [7, 11) is 1.47. The van der Waals surface area contributed by atoms with Crippen molar-refractivity contribution < 1.29 is 24.2 Å². The van der Waals surface area contributed by atoms with Crippen molar-refractivity contribution in [3.05, 3.63) is 0 Å². The lowest BCUT2D eigenvalue weighted by atomic mass is 9.98. The Morgan fingerprint density at radius 1 is 1.42 bits per heavy atom. The number of nitrogens with one attached hydrogen (secondary N) is 1. The predicted octanol–water partition coefficient (Wildman–Crippen LogP) is 1.19. The summed E-state index contributed by atoms with van der Waals surface area (Å²) < 4.78 is 10.3. The Labute approximate surface area is 114 Å². The molecule has 0 aromatic rings. The number of ether oxygens (including phenoxy) is 2. The van der Waals surface area contributed by atoms with Crippen molar-refractivity contribution >= 4 is 11.9 Å². The van der Waals surface area contributed by atoms with Gasteiger partial charge in [-0.2, -0.15) is 0 Å². The number of amides is 1. The maximum absolute atomic E-state index is 11.9. The van der Waals surface area contributed by atoms with E-state index in [4.69, 9.17) is 14.6 Å². The number of carboxylic acid groups (broad SMARTS) is 1. The zero-order chi connectivity index (χ0) is 14.9. The number of unbranched alkanes of at least 4 members (excludes halogenated alkanes) is 1. The van der Waals surface area contributed by atoms with E-state index in [1.807, 2.05) is 6.92 Å². The summed E-state index contributed by atoms with van der Waals surface area (Å²) in [5.74, 6) is -1.31. The van der Waals surface area contributed by atoms with Crippen molar-refractivity contribution in [2.45, 2.75) is 51.7 Å². The highest BCUT2D eigenvalue weighted by atomic mass is 16.5. The van der Waals surface area contributed by atoms with E-state index >= 15 is 0 Å². The van der Waals surface area contributed by atoms with Crippen molar-refractivity contribution in [1.82, 2.24) is 5.32 Å². The van der Waals surface area contributed by atoms with Crippen LogP contribution >= 0.6 is 0 Å². The number of carbonyl (C=O) groups is 2. The van der Waals surface area contributed by atoms with Crippen molar-refractivity contribution in [2.24, 2.45) is 0 Å². The maximum Gasteiger partial charge on any atom is 0.305 e. The van der Waals surface area contributed by atoms with Gasteiger partial charge in [-0.1, -0.05) is 13.3 Å². The fourth-order valence-corrected chi connectivity index (χ4v) is 1.66. The number of carbonyl (C=O) groups excluding carboxylic acids is 1. The number of hydrogen-bond acceptors (Lipinski definition) is 4. The third-order valence-electron chi connectivity index (χ3n) is 2.66. The molecule has 0 aliphatic heterocycles. The molecule has 0 fully saturated rings. The molecule has 1 amide bonds. The predicted molar refractivity (Wildman–Crippen MR) is 71.0 cm³/mol. The fourth-order valence-electron chi connectivity index (χ4n) is 1.66. The van der Waals surface area contributed by atoms with E-state index in [-0.39, 0.29) is 18.9 Å². The summed E-state index contributed by atoms with van der Waals surface area (Å²) in [6, 6.07) is 0. The smallest absolute Gasteiger partial charge is 0.305 e. The molecule has 0 saturated heterocycles.